The predicted octanol–water partition coefficient (Wildman–Crippen LogP) is 2.07. The van der Waals surface area contributed by atoms with E-state index >= 15 is 0 Å². The number of carbonyl (C=O) groups is 1. The van der Waals surface area contributed by atoms with Crippen LogP contribution in [0.2, 0.25) is 0 Å². The van der Waals surface area contributed by atoms with Crippen molar-refractivity contribution in [1.29, 1.82) is 0 Å². The molecule has 2 nitrogen and oxygen atoms in total. The van der Waals surface area contributed by atoms with Crippen LogP contribution in [0, 0.1) is 5.92 Å². The van der Waals surface area contributed by atoms with Gasteiger partial charge in [0.05, 0.1) is 0 Å². The largest absolute Gasteiger partial charge is 0.451 e. The first-order valence-corrected chi connectivity index (χ1v) is 4.43. The van der Waals surface area contributed by atoms with Gasteiger partial charge in [-0.2, -0.15) is 0 Å². The van der Waals surface area contributed by atoms with Gasteiger partial charge in [0.15, 0.2) is 5.01 Å². The van der Waals surface area contributed by atoms with Gasteiger partial charge in [-0.3, -0.25) is 4.79 Å². The summed E-state index contributed by atoms with van der Waals surface area (Å²) in [5.41, 5.74) is 0. The monoisotopic (exact) mass is 206 g/mol. The zero-order chi connectivity index (χ0) is 7.56. The third-order valence-corrected chi connectivity index (χ3v) is 1.63. The van der Waals surface area contributed by atoms with Crippen molar-refractivity contribution in [1.82, 2.24) is 0 Å². The van der Waals surface area contributed by atoms with Crippen molar-refractivity contribution in [3.63, 3.8) is 0 Å². The molecule has 1 rings (SSSR count). The summed E-state index contributed by atoms with van der Waals surface area (Å²) in [5, 5.41) is -0.140. The molecule has 0 amide bonds. The highest BCUT2D eigenvalue weighted by Gasteiger charge is 2.25. The molecule has 0 aliphatic heterocycles. The molecule has 0 aromatic carbocycles. The Morgan fingerprint density at radius 2 is 2.40 bits per heavy atom. The van der Waals surface area contributed by atoms with E-state index in [1.54, 1.807) is 6.92 Å². The normalized spacial score (nSPS) is 20.2. The van der Waals surface area contributed by atoms with E-state index in [9.17, 15) is 4.79 Å². The number of alkyl halides is 1. The average Bonchev–Trinajstić information content (AvgIpc) is 2.46. The van der Waals surface area contributed by atoms with Crippen LogP contribution >= 0.6 is 15.9 Å². The smallest absolute Gasteiger partial charge is 0.307 e. The van der Waals surface area contributed by atoms with Crippen LogP contribution in [0.1, 0.15) is 26.2 Å². The van der Waals surface area contributed by atoms with Gasteiger partial charge in [-0.15, -0.1) is 0 Å². The molecular weight excluding hydrogens is 196 g/mol. The highest BCUT2D eigenvalue weighted by molar-refractivity contribution is 9.09. The zero-order valence-electron chi connectivity index (χ0n) is 5.97. The number of hydrogen-bond donors (Lipinski definition) is 0. The first-order chi connectivity index (χ1) is 4.68. The lowest BCUT2D eigenvalue weighted by atomic mass is 10.3. The van der Waals surface area contributed by atoms with Crippen molar-refractivity contribution in [3.05, 3.63) is 0 Å². The van der Waals surface area contributed by atoms with Crippen LogP contribution in [0.3, 0.4) is 0 Å². The summed E-state index contributed by atoms with van der Waals surface area (Å²) in [6, 6.07) is 0. The van der Waals surface area contributed by atoms with Crippen LogP contribution in [0.5, 0.6) is 0 Å². The molecular formula is C7H11BrO2. The van der Waals surface area contributed by atoms with E-state index in [4.69, 9.17) is 4.74 Å². The molecule has 1 saturated carbocycles. The minimum absolute atomic E-state index is 0.0770. The Bertz CT molecular complexity index is 124. The van der Waals surface area contributed by atoms with Crippen molar-refractivity contribution >= 4 is 21.9 Å². The fraction of sp³-hybridized carbons (Fsp3) is 0.857. The molecule has 0 heterocycles. The second-order valence-corrected chi connectivity index (χ2v) is 3.97. The van der Waals surface area contributed by atoms with Gasteiger partial charge < -0.3 is 4.74 Å². The Morgan fingerprint density at radius 3 is 2.80 bits per heavy atom. The molecule has 0 N–H and O–H groups in total. The summed E-state index contributed by atoms with van der Waals surface area (Å²) in [7, 11) is 0. The van der Waals surface area contributed by atoms with E-state index in [1.165, 1.54) is 12.8 Å². The second kappa shape index (κ2) is 3.37. The lowest BCUT2D eigenvalue weighted by Gasteiger charge is -2.04. The summed E-state index contributed by atoms with van der Waals surface area (Å²) in [6.07, 6.45) is 3.01. The maximum absolute atomic E-state index is 10.9. The van der Waals surface area contributed by atoms with E-state index in [0.29, 0.717) is 12.3 Å². The molecule has 1 aliphatic rings. The minimum atomic E-state index is -0.140. The highest BCUT2D eigenvalue weighted by Crippen LogP contribution is 2.32. The highest BCUT2D eigenvalue weighted by atomic mass is 79.9. The van der Waals surface area contributed by atoms with Crippen LogP contribution in [0.4, 0.5) is 0 Å². The molecule has 58 valence electrons. The lowest BCUT2D eigenvalue weighted by molar-refractivity contribution is -0.144. The first kappa shape index (κ1) is 8.05. The number of esters is 1. The maximum Gasteiger partial charge on any atom is 0.307 e. The SMILES string of the molecule is CC(Br)OC(=O)CC1CC1. The van der Waals surface area contributed by atoms with Gasteiger partial charge in [0.1, 0.15) is 0 Å². The lowest BCUT2D eigenvalue weighted by Crippen LogP contribution is -2.09. The molecule has 1 atom stereocenters. The van der Waals surface area contributed by atoms with Crippen LogP contribution in [0.25, 0.3) is 0 Å². The topological polar surface area (TPSA) is 26.3 Å². The fourth-order valence-corrected chi connectivity index (χ4v) is 0.995. The average molecular weight is 207 g/mol. The molecule has 3 heteroatoms. The molecule has 1 aliphatic carbocycles. The molecule has 0 spiro atoms. The number of ether oxygens (including phenoxy) is 1. The maximum atomic E-state index is 10.9. The quantitative estimate of drug-likeness (QED) is 0.523. The molecule has 10 heavy (non-hydrogen) atoms. The van der Waals surface area contributed by atoms with E-state index in [0.717, 1.165) is 0 Å². The van der Waals surface area contributed by atoms with Gasteiger partial charge in [-0.05, 0) is 41.6 Å². The number of rotatable bonds is 3. The Kier molecular flexibility index (Phi) is 2.72. The third-order valence-electron chi connectivity index (χ3n) is 1.45. The van der Waals surface area contributed by atoms with Crippen LogP contribution in [0.15, 0.2) is 0 Å². The van der Waals surface area contributed by atoms with Crippen LogP contribution in [-0.4, -0.2) is 11.0 Å². The molecule has 0 aromatic rings. The van der Waals surface area contributed by atoms with E-state index in [2.05, 4.69) is 15.9 Å². The van der Waals surface area contributed by atoms with Crippen molar-refractivity contribution < 1.29 is 9.53 Å². The summed E-state index contributed by atoms with van der Waals surface area (Å²) in [6.45, 7) is 1.80. The van der Waals surface area contributed by atoms with Gasteiger partial charge in [0, 0.05) is 6.42 Å². The molecule has 0 bridgehead atoms. The summed E-state index contributed by atoms with van der Waals surface area (Å²) in [5.74, 6) is 0.547. The van der Waals surface area contributed by atoms with Crippen LogP contribution < -0.4 is 0 Å². The van der Waals surface area contributed by atoms with Gasteiger partial charge in [0.2, 0.25) is 0 Å². The second-order valence-electron chi connectivity index (χ2n) is 2.68. The van der Waals surface area contributed by atoms with Crippen LogP contribution in [-0.2, 0) is 9.53 Å². The van der Waals surface area contributed by atoms with Crippen molar-refractivity contribution in [3.8, 4) is 0 Å². The van der Waals surface area contributed by atoms with Gasteiger partial charge in [0.25, 0.3) is 0 Å². The fourth-order valence-electron chi connectivity index (χ4n) is 0.787. The first-order valence-electron chi connectivity index (χ1n) is 3.52. The Balaban J connectivity index is 2.08. The third kappa shape index (κ3) is 3.20. The predicted molar refractivity (Wildman–Crippen MR) is 41.8 cm³/mol. The minimum Gasteiger partial charge on any atom is -0.451 e. The van der Waals surface area contributed by atoms with Gasteiger partial charge in [-0.25, -0.2) is 0 Å². The van der Waals surface area contributed by atoms with Crippen molar-refractivity contribution in [2.75, 3.05) is 0 Å². The summed E-state index contributed by atoms with van der Waals surface area (Å²) >= 11 is 3.14. The number of halogens is 1. The Labute approximate surface area is 69.1 Å². The van der Waals surface area contributed by atoms with Gasteiger partial charge in [-0.1, -0.05) is 0 Å². The molecule has 0 saturated heterocycles. The van der Waals surface area contributed by atoms with Gasteiger partial charge >= 0.3 is 5.97 Å². The van der Waals surface area contributed by atoms with E-state index in [-0.39, 0.29) is 11.0 Å². The van der Waals surface area contributed by atoms with Crippen molar-refractivity contribution in [2.24, 2.45) is 5.92 Å². The Morgan fingerprint density at radius 1 is 1.80 bits per heavy atom. The number of carbonyl (C=O) groups excluding carboxylic acids is 1. The molecule has 0 aromatic heterocycles. The Hall–Kier alpha value is -0.0500. The summed E-state index contributed by atoms with van der Waals surface area (Å²) < 4.78 is 4.88. The zero-order valence-corrected chi connectivity index (χ0v) is 7.56. The standard InChI is InChI=1S/C7H11BrO2/c1-5(8)10-7(9)4-6-2-3-6/h5-6H,2-4H2,1H3. The molecule has 1 fully saturated rings. The summed E-state index contributed by atoms with van der Waals surface area (Å²) in [4.78, 5) is 10.9. The molecule has 1 unspecified atom stereocenters. The van der Waals surface area contributed by atoms with E-state index < -0.39 is 0 Å². The number of hydrogen-bond acceptors (Lipinski definition) is 2. The van der Waals surface area contributed by atoms with Crippen molar-refractivity contribution in [2.45, 2.75) is 31.2 Å². The molecule has 0 radical (unpaired) electrons. The van der Waals surface area contributed by atoms with E-state index in [1.807, 2.05) is 0 Å².